The van der Waals surface area contributed by atoms with Gasteiger partial charge in [-0.3, -0.25) is 4.79 Å². The molecule has 0 spiro atoms. The van der Waals surface area contributed by atoms with Crippen molar-refractivity contribution in [2.24, 2.45) is 0 Å². The second-order valence-electron chi connectivity index (χ2n) is 5.91. The molecule has 25 heavy (non-hydrogen) atoms. The highest BCUT2D eigenvalue weighted by Gasteiger charge is 2.28. The maximum absolute atomic E-state index is 12.7. The van der Waals surface area contributed by atoms with Gasteiger partial charge in [0.25, 0.3) is 0 Å². The highest BCUT2D eigenvalue weighted by Crippen LogP contribution is 2.24. The SMILES string of the molecule is CN(CCC(=O)O)S(=O)(=O)c1cccc(S(=O)(=O)N2CCCCC2)c1. The first-order valence-electron chi connectivity index (χ1n) is 7.94. The Morgan fingerprint density at radius 3 is 2.32 bits per heavy atom. The van der Waals surface area contributed by atoms with Crippen molar-refractivity contribution in [3.05, 3.63) is 24.3 Å². The molecule has 1 aliphatic rings. The summed E-state index contributed by atoms with van der Waals surface area (Å²) in [5, 5.41) is 8.69. The number of sulfonamides is 2. The minimum Gasteiger partial charge on any atom is -0.481 e. The summed E-state index contributed by atoms with van der Waals surface area (Å²) in [5.41, 5.74) is 0. The third-order valence-corrected chi connectivity index (χ3v) is 7.85. The lowest BCUT2D eigenvalue weighted by Crippen LogP contribution is -2.35. The predicted molar refractivity (Wildman–Crippen MR) is 91.1 cm³/mol. The van der Waals surface area contributed by atoms with Crippen molar-refractivity contribution in [3.8, 4) is 0 Å². The van der Waals surface area contributed by atoms with Crippen LogP contribution in [0.25, 0.3) is 0 Å². The van der Waals surface area contributed by atoms with Crippen molar-refractivity contribution in [3.63, 3.8) is 0 Å². The largest absolute Gasteiger partial charge is 0.481 e. The van der Waals surface area contributed by atoms with Crippen LogP contribution < -0.4 is 0 Å². The summed E-state index contributed by atoms with van der Waals surface area (Å²) in [4.78, 5) is 10.4. The zero-order valence-electron chi connectivity index (χ0n) is 14.0. The van der Waals surface area contributed by atoms with Crippen molar-refractivity contribution < 1.29 is 26.7 Å². The molecule has 1 aliphatic heterocycles. The fourth-order valence-corrected chi connectivity index (χ4v) is 5.46. The van der Waals surface area contributed by atoms with Crippen LogP contribution >= 0.6 is 0 Å². The molecule has 1 fully saturated rings. The number of hydrogen-bond acceptors (Lipinski definition) is 5. The van der Waals surface area contributed by atoms with Gasteiger partial charge in [-0.1, -0.05) is 12.5 Å². The molecule has 0 atom stereocenters. The van der Waals surface area contributed by atoms with E-state index in [1.165, 1.54) is 29.6 Å². The number of hydrogen-bond donors (Lipinski definition) is 1. The minimum atomic E-state index is -3.96. The Morgan fingerprint density at radius 2 is 1.72 bits per heavy atom. The predicted octanol–water partition coefficient (Wildman–Crippen LogP) is 0.956. The smallest absolute Gasteiger partial charge is 0.304 e. The molecule has 0 aliphatic carbocycles. The van der Waals surface area contributed by atoms with E-state index >= 15 is 0 Å². The Bertz CT molecular complexity index is 829. The van der Waals surface area contributed by atoms with E-state index in [4.69, 9.17) is 5.11 Å². The van der Waals surface area contributed by atoms with Crippen LogP contribution in [0, 0.1) is 0 Å². The molecule has 2 rings (SSSR count). The molecule has 1 heterocycles. The lowest BCUT2D eigenvalue weighted by Gasteiger charge is -2.26. The summed E-state index contributed by atoms with van der Waals surface area (Å²) >= 11 is 0. The molecular formula is C15H22N2O6S2. The Labute approximate surface area is 148 Å². The van der Waals surface area contributed by atoms with Crippen LogP contribution in [-0.2, 0) is 24.8 Å². The maximum atomic E-state index is 12.7. The van der Waals surface area contributed by atoms with E-state index in [0.717, 1.165) is 29.6 Å². The molecule has 0 unspecified atom stereocenters. The van der Waals surface area contributed by atoms with Gasteiger partial charge in [-0.05, 0) is 31.0 Å². The average Bonchev–Trinajstić information content (AvgIpc) is 2.60. The van der Waals surface area contributed by atoms with E-state index in [-0.39, 0.29) is 22.8 Å². The fraction of sp³-hybridized carbons (Fsp3) is 0.533. The van der Waals surface area contributed by atoms with Crippen LogP contribution in [0.2, 0.25) is 0 Å². The first-order chi connectivity index (χ1) is 11.7. The summed E-state index contributed by atoms with van der Waals surface area (Å²) in [6.45, 7) is 0.663. The van der Waals surface area contributed by atoms with Crippen LogP contribution in [0.5, 0.6) is 0 Å². The standard InChI is InChI=1S/C15H22N2O6S2/c1-16(11-8-15(18)19)24(20,21)13-6-5-7-14(12-13)25(22,23)17-9-3-2-4-10-17/h5-7,12H,2-4,8-11H2,1H3,(H,18,19). The molecular weight excluding hydrogens is 368 g/mol. The number of benzene rings is 1. The van der Waals surface area contributed by atoms with Crippen LogP contribution in [-0.4, -0.2) is 63.2 Å². The molecule has 0 saturated carbocycles. The van der Waals surface area contributed by atoms with Gasteiger partial charge in [0.1, 0.15) is 0 Å². The molecule has 8 nitrogen and oxygen atoms in total. The third-order valence-electron chi connectivity index (χ3n) is 4.11. The minimum absolute atomic E-state index is 0.0675. The van der Waals surface area contributed by atoms with E-state index in [9.17, 15) is 21.6 Å². The van der Waals surface area contributed by atoms with E-state index in [1.807, 2.05) is 0 Å². The molecule has 1 N–H and O–H groups in total. The summed E-state index contributed by atoms with van der Waals surface area (Å²) in [7, 11) is -6.43. The lowest BCUT2D eigenvalue weighted by atomic mass is 10.2. The number of carbonyl (C=O) groups is 1. The topological polar surface area (TPSA) is 112 Å². The highest BCUT2D eigenvalue weighted by atomic mass is 32.2. The number of aliphatic carboxylic acids is 1. The molecule has 140 valence electrons. The van der Waals surface area contributed by atoms with Gasteiger partial charge < -0.3 is 5.11 Å². The summed E-state index contributed by atoms with van der Waals surface area (Å²) in [5.74, 6) is -1.11. The first-order valence-corrected chi connectivity index (χ1v) is 10.8. The zero-order valence-corrected chi connectivity index (χ0v) is 15.6. The van der Waals surface area contributed by atoms with E-state index in [2.05, 4.69) is 0 Å². The normalized spacial score (nSPS) is 16.9. The van der Waals surface area contributed by atoms with Gasteiger partial charge in [-0.25, -0.2) is 21.1 Å². The second-order valence-corrected chi connectivity index (χ2v) is 9.89. The van der Waals surface area contributed by atoms with Gasteiger partial charge in [0.15, 0.2) is 0 Å². The molecule has 1 aromatic carbocycles. The fourth-order valence-electron chi connectivity index (χ4n) is 2.60. The number of carboxylic acids is 1. The molecule has 0 radical (unpaired) electrons. The van der Waals surface area contributed by atoms with Crippen molar-refractivity contribution in [1.29, 1.82) is 0 Å². The van der Waals surface area contributed by atoms with Gasteiger partial charge in [0, 0.05) is 26.7 Å². The van der Waals surface area contributed by atoms with E-state index in [1.54, 1.807) is 0 Å². The molecule has 0 amide bonds. The number of piperidine rings is 1. The molecule has 10 heteroatoms. The van der Waals surface area contributed by atoms with E-state index in [0.29, 0.717) is 13.1 Å². The Balaban J connectivity index is 2.30. The van der Waals surface area contributed by atoms with Crippen LogP contribution in [0.3, 0.4) is 0 Å². The van der Waals surface area contributed by atoms with Gasteiger partial charge in [0.2, 0.25) is 20.0 Å². The molecule has 1 saturated heterocycles. The van der Waals surface area contributed by atoms with Crippen molar-refractivity contribution in [1.82, 2.24) is 8.61 Å². The average molecular weight is 390 g/mol. The highest BCUT2D eigenvalue weighted by molar-refractivity contribution is 7.90. The number of nitrogens with zero attached hydrogens (tertiary/aromatic N) is 2. The molecule has 1 aromatic rings. The Hall–Kier alpha value is -1.49. The van der Waals surface area contributed by atoms with Gasteiger partial charge in [-0.2, -0.15) is 4.31 Å². The zero-order chi connectivity index (χ0) is 18.7. The lowest BCUT2D eigenvalue weighted by molar-refractivity contribution is -0.137. The summed E-state index contributed by atoms with van der Waals surface area (Å²) in [6, 6.07) is 5.20. The van der Waals surface area contributed by atoms with Crippen LogP contribution in [0.4, 0.5) is 0 Å². The summed E-state index contributed by atoms with van der Waals surface area (Å²) in [6.07, 6.45) is 2.22. The third kappa shape index (κ3) is 4.57. The van der Waals surface area contributed by atoms with Crippen LogP contribution in [0.1, 0.15) is 25.7 Å². The molecule has 0 bridgehead atoms. The number of carboxylic acid groups (broad SMARTS) is 1. The Morgan fingerprint density at radius 1 is 1.12 bits per heavy atom. The van der Waals surface area contributed by atoms with Crippen molar-refractivity contribution in [2.75, 3.05) is 26.7 Å². The Kier molecular flexibility index (Phi) is 6.20. The monoisotopic (exact) mass is 390 g/mol. The van der Waals surface area contributed by atoms with Gasteiger partial charge in [-0.15, -0.1) is 0 Å². The number of rotatable bonds is 7. The first kappa shape index (κ1) is 19.8. The summed E-state index contributed by atoms with van der Waals surface area (Å²) < 4.78 is 52.7. The van der Waals surface area contributed by atoms with Gasteiger partial charge in [0.05, 0.1) is 16.2 Å². The second kappa shape index (κ2) is 7.81. The van der Waals surface area contributed by atoms with E-state index < -0.39 is 26.0 Å². The van der Waals surface area contributed by atoms with Crippen LogP contribution in [0.15, 0.2) is 34.1 Å². The quantitative estimate of drug-likeness (QED) is 0.742. The van der Waals surface area contributed by atoms with Crippen molar-refractivity contribution >= 4 is 26.0 Å². The van der Waals surface area contributed by atoms with Gasteiger partial charge >= 0.3 is 5.97 Å². The maximum Gasteiger partial charge on any atom is 0.304 e. The molecule has 0 aromatic heterocycles. The van der Waals surface area contributed by atoms with Crippen molar-refractivity contribution in [2.45, 2.75) is 35.5 Å².